The van der Waals surface area contributed by atoms with E-state index in [1.165, 1.54) is 64.2 Å². The van der Waals surface area contributed by atoms with E-state index in [1.807, 2.05) is 18.8 Å². The normalized spacial score (nSPS) is 38.7. The summed E-state index contributed by atoms with van der Waals surface area (Å²) in [6, 6.07) is 0. The highest BCUT2D eigenvalue weighted by Crippen LogP contribution is 2.71. The number of rotatable bonds is 12. The number of aldehydes is 1. The van der Waals surface area contributed by atoms with Gasteiger partial charge in [0.2, 0.25) is 0 Å². The summed E-state index contributed by atoms with van der Waals surface area (Å²) in [6.07, 6.45) is 17.4. The molecule has 0 amide bonds. The molecule has 3 fully saturated rings. The second-order valence-corrected chi connectivity index (χ2v) is 15.5. The zero-order chi connectivity index (χ0) is 29.3. The van der Waals surface area contributed by atoms with Gasteiger partial charge in [-0.3, -0.25) is 4.79 Å². The summed E-state index contributed by atoms with van der Waals surface area (Å²) in [6.45, 7) is 16.9. The predicted octanol–water partition coefficient (Wildman–Crippen LogP) is 8.04. The maximum absolute atomic E-state index is 11.7. The van der Waals surface area contributed by atoms with Gasteiger partial charge < -0.3 is 15.0 Å². The summed E-state index contributed by atoms with van der Waals surface area (Å²) in [4.78, 5) is 13.9. The number of carbonyl (C=O) groups is 1. The summed E-state index contributed by atoms with van der Waals surface area (Å²) >= 11 is 0. The Labute approximate surface area is 247 Å². The Balaban J connectivity index is 1.64. The van der Waals surface area contributed by atoms with Gasteiger partial charge >= 0.3 is 0 Å². The molecule has 5 unspecified atom stereocenters. The topological polar surface area (TPSA) is 41.6 Å². The fourth-order valence-electron chi connectivity index (χ4n) is 10.4. The average Bonchev–Trinajstić information content (AvgIpc) is 3.29. The van der Waals surface area contributed by atoms with E-state index in [4.69, 9.17) is 4.74 Å². The van der Waals surface area contributed by atoms with E-state index in [1.54, 1.807) is 5.57 Å². The van der Waals surface area contributed by atoms with Crippen LogP contribution in [0.4, 0.5) is 0 Å². The molecule has 4 heteroatoms. The lowest BCUT2D eigenvalue weighted by Crippen LogP contribution is -2.57. The molecule has 1 N–H and O–H groups in total. The predicted molar refractivity (Wildman–Crippen MR) is 168 cm³/mol. The third kappa shape index (κ3) is 5.87. The van der Waals surface area contributed by atoms with Crippen LogP contribution >= 0.6 is 0 Å². The summed E-state index contributed by atoms with van der Waals surface area (Å²) in [5.41, 5.74) is 5.86. The number of nitrogens with zero attached hydrogens (tertiary/aromatic N) is 1. The van der Waals surface area contributed by atoms with Gasteiger partial charge in [-0.05, 0) is 144 Å². The van der Waals surface area contributed by atoms with Gasteiger partial charge in [-0.1, -0.05) is 45.8 Å². The number of hydrogen-bond acceptors (Lipinski definition) is 4. The van der Waals surface area contributed by atoms with Gasteiger partial charge in [0.25, 0.3) is 0 Å². The molecular formula is C36H62N2O2. The summed E-state index contributed by atoms with van der Waals surface area (Å²) in [7, 11) is 6.10. The van der Waals surface area contributed by atoms with Crippen LogP contribution in [0.3, 0.4) is 0 Å². The minimum absolute atomic E-state index is 0.239. The molecule has 0 aromatic rings. The van der Waals surface area contributed by atoms with Crippen molar-refractivity contribution in [2.75, 3.05) is 34.3 Å². The van der Waals surface area contributed by atoms with Crippen molar-refractivity contribution < 1.29 is 9.53 Å². The SMILES string of the molecule is COC(C)CCC1(C)[C@H](C)CCC2(C)C3CC[C@]4(C/C(=C/C=O)NCCN(C)C)CCC(C(C)C)=C4C3CC[C@@H]21. The van der Waals surface area contributed by atoms with Crippen LogP contribution in [0.1, 0.15) is 112 Å². The number of hydrogen-bond donors (Lipinski definition) is 1. The van der Waals surface area contributed by atoms with Gasteiger partial charge in [-0.25, -0.2) is 0 Å². The number of ether oxygens (including phenoxy) is 1. The Bertz CT molecular complexity index is 952. The van der Waals surface area contributed by atoms with Crippen LogP contribution in [0, 0.1) is 45.8 Å². The van der Waals surface area contributed by atoms with E-state index in [0.29, 0.717) is 22.9 Å². The van der Waals surface area contributed by atoms with Crippen molar-refractivity contribution in [3.63, 3.8) is 0 Å². The van der Waals surface area contributed by atoms with E-state index in [9.17, 15) is 4.79 Å². The first-order valence-electron chi connectivity index (χ1n) is 16.7. The van der Waals surface area contributed by atoms with Gasteiger partial charge in [-0.15, -0.1) is 0 Å². The molecule has 0 aromatic carbocycles. The van der Waals surface area contributed by atoms with Crippen LogP contribution in [0.2, 0.25) is 0 Å². The molecule has 0 spiro atoms. The average molecular weight is 555 g/mol. The third-order valence-corrected chi connectivity index (χ3v) is 12.9. The molecule has 0 aromatic heterocycles. The van der Waals surface area contributed by atoms with Crippen molar-refractivity contribution in [1.29, 1.82) is 0 Å². The number of fused-ring (bicyclic) bond motifs is 5. The lowest BCUT2D eigenvalue weighted by molar-refractivity contribution is -0.140. The highest BCUT2D eigenvalue weighted by molar-refractivity contribution is 5.66. The van der Waals surface area contributed by atoms with Gasteiger partial charge in [0.15, 0.2) is 0 Å². The molecule has 40 heavy (non-hydrogen) atoms. The number of methoxy groups -OCH3 is 1. The van der Waals surface area contributed by atoms with Gasteiger partial charge in [0.05, 0.1) is 6.10 Å². The summed E-state index contributed by atoms with van der Waals surface area (Å²) in [5, 5.41) is 3.67. The zero-order valence-electron chi connectivity index (χ0n) is 27.6. The zero-order valence-corrected chi connectivity index (χ0v) is 27.6. The monoisotopic (exact) mass is 554 g/mol. The fourth-order valence-corrected chi connectivity index (χ4v) is 10.4. The largest absolute Gasteiger partial charge is 0.387 e. The van der Waals surface area contributed by atoms with Crippen molar-refractivity contribution in [1.82, 2.24) is 10.2 Å². The Morgan fingerprint density at radius 2 is 1.85 bits per heavy atom. The van der Waals surface area contributed by atoms with Crippen molar-refractivity contribution in [3.05, 3.63) is 22.9 Å². The van der Waals surface area contributed by atoms with Crippen molar-refractivity contribution in [3.8, 4) is 0 Å². The van der Waals surface area contributed by atoms with Crippen molar-refractivity contribution >= 4 is 6.29 Å². The molecule has 3 saturated carbocycles. The van der Waals surface area contributed by atoms with E-state index in [-0.39, 0.29) is 5.41 Å². The summed E-state index contributed by atoms with van der Waals surface area (Å²) < 4.78 is 5.71. The molecule has 4 aliphatic carbocycles. The van der Waals surface area contributed by atoms with Crippen molar-refractivity contribution in [2.45, 2.75) is 118 Å². The highest BCUT2D eigenvalue weighted by Gasteiger charge is 2.61. The van der Waals surface area contributed by atoms with Crippen LogP contribution < -0.4 is 5.32 Å². The van der Waals surface area contributed by atoms with Crippen LogP contribution in [0.25, 0.3) is 0 Å². The second kappa shape index (κ2) is 12.6. The van der Waals surface area contributed by atoms with Crippen LogP contribution in [-0.2, 0) is 9.53 Å². The molecule has 4 aliphatic rings. The van der Waals surface area contributed by atoms with E-state index in [2.05, 4.69) is 65.9 Å². The lowest BCUT2D eigenvalue weighted by atomic mass is 9.40. The molecule has 0 saturated heterocycles. The molecule has 4 nitrogen and oxygen atoms in total. The molecule has 0 aliphatic heterocycles. The van der Waals surface area contributed by atoms with E-state index >= 15 is 0 Å². The molecular weight excluding hydrogens is 492 g/mol. The first kappa shape index (κ1) is 31.8. The number of likely N-dealkylation sites (N-methyl/N-ethyl adjacent to an activating group) is 1. The first-order valence-corrected chi connectivity index (χ1v) is 16.7. The molecule has 228 valence electrons. The van der Waals surface area contributed by atoms with Crippen LogP contribution in [0.5, 0.6) is 0 Å². The molecule has 4 rings (SSSR count). The Morgan fingerprint density at radius 1 is 1.10 bits per heavy atom. The fraction of sp³-hybridized carbons (Fsp3) is 0.861. The van der Waals surface area contributed by atoms with Gasteiger partial charge in [0, 0.05) is 25.9 Å². The van der Waals surface area contributed by atoms with Gasteiger partial charge in [0.1, 0.15) is 6.29 Å². The third-order valence-electron chi connectivity index (χ3n) is 12.9. The smallest absolute Gasteiger partial charge is 0.144 e. The first-order chi connectivity index (χ1) is 18.9. The quantitative estimate of drug-likeness (QED) is 0.151. The number of carbonyl (C=O) groups excluding carboxylic acids is 1. The van der Waals surface area contributed by atoms with Crippen LogP contribution in [0.15, 0.2) is 22.9 Å². The molecule has 0 heterocycles. The lowest BCUT2D eigenvalue weighted by Gasteiger charge is -2.65. The van der Waals surface area contributed by atoms with Crippen LogP contribution in [-0.4, -0.2) is 51.6 Å². The number of nitrogens with one attached hydrogen (secondary N) is 1. The summed E-state index contributed by atoms with van der Waals surface area (Å²) in [5.74, 6) is 3.74. The van der Waals surface area contributed by atoms with E-state index < -0.39 is 0 Å². The molecule has 8 atom stereocenters. The Kier molecular flexibility index (Phi) is 10.0. The van der Waals surface area contributed by atoms with Gasteiger partial charge in [-0.2, -0.15) is 0 Å². The van der Waals surface area contributed by atoms with Crippen molar-refractivity contribution in [2.24, 2.45) is 45.8 Å². The maximum atomic E-state index is 11.7. The molecule has 0 bridgehead atoms. The van der Waals surface area contributed by atoms with E-state index in [0.717, 1.165) is 55.2 Å². The molecule has 0 radical (unpaired) electrons. The maximum Gasteiger partial charge on any atom is 0.144 e. The highest BCUT2D eigenvalue weighted by atomic mass is 16.5. The standard InChI is InChI=1S/C36H62N2O2/c1-25(2)29-14-19-36(24-28(16-23-39)37-21-22-38(7)8)20-15-31-30(33(29)36)10-11-32-34(5,18-13-27(4)40-9)26(3)12-17-35(31,32)6/h16,23,25-27,30-32,37H,10-15,17-22,24H2,1-9H3/b28-16-/t26-,27?,30?,31?,32-,34?,35?,36+/m1/s1. The minimum atomic E-state index is 0.239. The minimum Gasteiger partial charge on any atom is -0.387 e. The second-order valence-electron chi connectivity index (χ2n) is 15.5. The Morgan fingerprint density at radius 3 is 2.50 bits per heavy atom. The Hall–Kier alpha value is -1.13. The number of allylic oxidation sites excluding steroid dienone is 4.